The molecule has 0 aliphatic rings. The van der Waals surface area contributed by atoms with Crippen LogP contribution in [0.2, 0.25) is 0 Å². The number of ether oxygens (including phenoxy) is 1. The van der Waals surface area contributed by atoms with E-state index in [4.69, 9.17) is 5.84 Å². The van der Waals surface area contributed by atoms with E-state index >= 15 is 0 Å². The summed E-state index contributed by atoms with van der Waals surface area (Å²) >= 11 is 0. The van der Waals surface area contributed by atoms with Crippen LogP contribution >= 0.6 is 0 Å². The van der Waals surface area contributed by atoms with Crippen molar-refractivity contribution in [1.82, 2.24) is 15.2 Å². The zero-order valence-electron chi connectivity index (χ0n) is 11.3. The van der Waals surface area contributed by atoms with Crippen molar-refractivity contribution >= 4 is 0 Å². The first kappa shape index (κ1) is 15.3. The van der Waals surface area contributed by atoms with Gasteiger partial charge in [-0.2, -0.15) is 5.10 Å². The molecule has 3 N–H and O–H groups in total. The van der Waals surface area contributed by atoms with Crippen molar-refractivity contribution in [3.63, 3.8) is 0 Å². The summed E-state index contributed by atoms with van der Waals surface area (Å²) in [4.78, 5) is 0. The Kier molecular flexibility index (Phi) is 4.49. The summed E-state index contributed by atoms with van der Waals surface area (Å²) in [6.45, 7) is 0. The average molecular weight is 300 g/mol. The minimum Gasteiger partial charge on any atom is -0.406 e. The van der Waals surface area contributed by atoms with Gasteiger partial charge in [-0.25, -0.2) is 0 Å². The highest BCUT2D eigenvalue weighted by Gasteiger charge is 2.31. The highest BCUT2D eigenvalue weighted by molar-refractivity contribution is 5.30. The van der Waals surface area contributed by atoms with Gasteiger partial charge in [0.1, 0.15) is 5.75 Å². The molecule has 0 saturated heterocycles. The van der Waals surface area contributed by atoms with Gasteiger partial charge in [-0.1, -0.05) is 12.1 Å². The minimum atomic E-state index is -4.69. The van der Waals surface area contributed by atoms with Crippen LogP contribution in [0.1, 0.15) is 17.2 Å². The zero-order valence-corrected chi connectivity index (χ0v) is 11.3. The first-order valence-corrected chi connectivity index (χ1v) is 6.17. The van der Waals surface area contributed by atoms with Crippen LogP contribution in [0.25, 0.3) is 0 Å². The van der Waals surface area contributed by atoms with E-state index in [9.17, 15) is 13.2 Å². The number of nitrogens with two attached hydrogens (primary N) is 1. The van der Waals surface area contributed by atoms with Gasteiger partial charge in [0, 0.05) is 13.2 Å². The predicted octanol–water partition coefficient (Wildman–Crippen LogP) is 2.07. The van der Waals surface area contributed by atoms with Crippen LogP contribution in [-0.4, -0.2) is 16.1 Å². The monoisotopic (exact) mass is 300 g/mol. The van der Waals surface area contributed by atoms with E-state index in [2.05, 4.69) is 15.3 Å². The fraction of sp³-hybridized carbons (Fsp3) is 0.308. The maximum Gasteiger partial charge on any atom is 0.573 e. The number of rotatable bonds is 5. The second-order valence-electron chi connectivity index (χ2n) is 4.56. The molecular formula is C13H15F3N4O. The van der Waals surface area contributed by atoms with E-state index in [0.29, 0.717) is 6.42 Å². The molecule has 0 saturated carbocycles. The Morgan fingerprint density at radius 1 is 1.33 bits per heavy atom. The van der Waals surface area contributed by atoms with Crippen molar-refractivity contribution in [3.8, 4) is 5.75 Å². The smallest absolute Gasteiger partial charge is 0.406 e. The average Bonchev–Trinajstić information content (AvgIpc) is 2.81. The van der Waals surface area contributed by atoms with E-state index in [1.54, 1.807) is 30.1 Å². The molecule has 1 aromatic heterocycles. The molecule has 0 bridgehead atoms. The van der Waals surface area contributed by atoms with Crippen molar-refractivity contribution < 1.29 is 17.9 Å². The van der Waals surface area contributed by atoms with Gasteiger partial charge in [0.25, 0.3) is 0 Å². The number of hydrogen-bond donors (Lipinski definition) is 2. The van der Waals surface area contributed by atoms with Gasteiger partial charge >= 0.3 is 6.36 Å². The third-order valence-electron chi connectivity index (χ3n) is 2.92. The van der Waals surface area contributed by atoms with E-state index in [-0.39, 0.29) is 11.8 Å². The Hall–Kier alpha value is -2.06. The Balaban J connectivity index is 2.08. The van der Waals surface area contributed by atoms with Gasteiger partial charge in [0.15, 0.2) is 0 Å². The second kappa shape index (κ2) is 6.15. The maximum atomic E-state index is 12.1. The third-order valence-corrected chi connectivity index (χ3v) is 2.92. The summed E-state index contributed by atoms with van der Waals surface area (Å²) in [6, 6.07) is 5.38. The van der Waals surface area contributed by atoms with E-state index in [1.165, 1.54) is 12.1 Å². The molecule has 8 heteroatoms. The van der Waals surface area contributed by atoms with Crippen LogP contribution in [0.3, 0.4) is 0 Å². The van der Waals surface area contributed by atoms with Gasteiger partial charge in [0.05, 0.1) is 12.2 Å². The van der Waals surface area contributed by atoms with Crippen molar-refractivity contribution in [1.29, 1.82) is 0 Å². The molecule has 1 atom stereocenters. The van der Waals surface area contributed by atoms with Crippen LogP contribution in [0.5, 0.6) is 5.75 Å². The standard InChI is InChI=1S/C13H15F3N4O/c1-20-8-9(7-18-20)6-12(19-17)10-2-4-11(5-3-10)21-13(14,15)16/h2-5,7-8,12,19H,6,17H2,1H3. The topological polar surface area (TPSA) is 65.1 Å². The van der Waals surface area contributed by atoms with Gasteiger partial charge in [0.2, 0.25) is 0 Å². The van der Waals surface area contributed by atoms with Crippen LogP contribution in [0.15, 0.2) is 36.7 Å². The molecule has 0 aliphatic heterocycles. The first-order valence-electron chi connectivity index (χ1n) is 6.17. The molecule has 21 heavy (non-hydrogen) atoms. The van der Waals surface area contributed by atoms with Gasteiger partial charge in [-0.15, -0.1) is 13.2 Å². The third kappa shape index (κ3) is 4.47. The lowest BCUT2D eigenvalue weighted by atomic mass is 10.0. The fourth-order valence-electron chi connectivity index (χ4n) is 1.99. The minimum absolute atomic E-state index is 0.228. The summed E-state index contributed by atoms with van der Waals surface area (Å²) in [6.07, 6.45) is -0.552. The predicted molar refractivity (Wildman–Crippen MR) is 70.1 cm³/mol. The molecule has 1 heterocycles. The Morgan fingerprint density at radius 3 is 2.48 bits per heavy atom. The molecule has 2 aromatic rings. The molecule has 0 spiro atoms. The number of aromatic nitrogens is 2. The molecule has 5 nitrogen and oxygen atoms in total. The quantitative estimate of drug-likeness (QED) is 0.655. The Morgan fingerprint density at radius 2 is 2.00 bits per heavy atom. The maximum absolute atomic E-state index is 12.1. The SMILES string of the molecule is Cn1cc(CC(NN)c2ccc(OC(F)(F)F)cc2)cn1. The number of benzene rings is 1. The largest absolute Gasteiger partial charge is 0.573 e. The van der Waals surface area contributed by atoms with Crippen LogP contribution in [0.4, 0.5) is 13.2 Å². The lowest BCUT2D eigenvalue weighted by Crippen LogP contribution is -2.29. The molecule has 114 valence electrons. The van der Waals surface area contributed by atoms with E-state index in [0.717, 1.165) is 11.1 Å². The highest BCUT2D eigenvalue weighted by atomic mass is 19.4. The number of nitrogens with zero attached hydrogens (tertiary/aromatic N) is 2. The molecular weight excluding hydrogens is 285 g/mol. The Labute approximate surface area is 119 Å². The number of nitrogens with one attached hydrogen (secondary N) is 1. The number of hydrazine groups is 1. The Bertz CT molecular complexity index is 580. The highest BCUT2D eigenvalue weighted by Crippen LogP contribution is 2.25. The number of aryl methyl sites for hydroxylation is 1. The zero-order chi connectivity index (χ0) is 15.5. The van der Waals surface area contributed by atoms with Gasteiger partial charge < -0.3 is 4.74 Å². The molecule has 0 amide bonds. The molecule has 1 aromatic carbocycles. The first-order chi connectivity index (χ1) is 9.87. The summed E-state index contributed by atoms with van der Waals surface area (Å²) in [5, 5.41) is 4.06. The van der Waals surface area contributed by atoms with Crippen molar-refractivity contribution in [2.24, 2.45) is 12.9 Å². The van der Waals surface area contributed by atoms with Crippen LogP contribution in [0, 0.1) is 0 Å². The van der Waals surface area contributed by atoms with E-state index in [1.807, 2.05) is 6.20 Å². The van der Waals surface area contributed by atoms with Crippen molar-refractivity contribution in [3.05, 3.63) is 47.8 Å². The number of halogens is 3. The van der Waals surface area contributed by atoms with Gasteiger partial charge in [-0.05, 0) is 29.7 Å². The van der Waals surface area contributed by atoms with Gasteiger partial charge in [-0.3, -0.25) is 16.0 Å². The van der Waals surface area contributed by atoms with Crippen LogP contribution in [-0.2, 0) is 13.5 Å². The van der Waals surface area contributed by atoms with Crippen molar-refractivity contribution in [2.75, 3.05) is 0 Å². The lowest BCUT2D eigenvalue weighted by Gasteiger charge is -2.16. The molecule has 2 rings (SSSR count). The molecule has 0 radical (unpaired) electrons. The molecule has 0 aliphatic carbocycles. The van der Waals surface area contributed by atoms with Crippen LogP contribution < -0.4 is 16.0 Å². The normalized spacial score (nSPS) is 13.2. The second-order valence-corrected chi connectivity index (χ2v) is 4.56. The molecule has 1 unspecified atom stereocenters. The molecule has 0 fully saturated rings. The summed E-state index contributed by atoms with van der Waals surface area (Å²) in [5.74, 6) is 5.25. The summed E-state index contributed by atoms with van der Waals surface area (Å²) in [5.41, 5.74) is 4.37. The van der Waals surface area contributed by atoms with Crippen molar-refractivity contribution in [2.45, 2.75) is 18.8 Å². The fourth-order valence-corrected chi connectivity index (χ4v) is 1.99. The number of hydrogen-bond acceptors (Lipinski definition) is 4. The lowest BCUT2D eigenvalue weighted by molar-refractivity contribution is -0.274. The number of alkyl halides is 3. The summed E-state index contributed by atoms with van der Waals surface area (Å²) < 4.78 is 41.8. The summed E-state index contributed by atoms with van der Waals surface area (Å²) in [7, 11) is 1.80. The van der Waals surface area contributed by atoms with E-state index < -0.39 is 6.36 Å².